The summed E-state index contributed by atoms with van der Waals surface area (Å²) in [4.78, 5) is 41.9. The number of likely N-dealkylation sites (N-methyl/N-ethyl adjacent to an activating group) is 1. The van der Waals surface area contributed by atoms with Crippen molar-refractivity contribution in [3.05, 3.63) is 113 Å². The van der Waals surface area contributed by atoms with Crippen LogP contribution in [0.25, 0.3) is 10.9 Å². The minimum absolute atomic E-state index is 0.0533. The first-order chi connectivity index (χ1) is 36.6. The van der Waals surface area contributed by atoms with Crippen LogP contribution in [0.1, 0.15) is 65.9 Å². The minimum atomic E-state index is -4.45. The average Bonchev–Trinajstić information content (AvgIpc) is 3.76. The van der Waals surface area contributed by atoms with E-state index in [-0.39, 0.29) is 61.2 Å². The number of nitrogens with zero attached hydrogens (tertiary/aromatic N) is 3. The molecule has 1 aromatic heterocycles. The highest BCUT2D eigenvalue weighted by Crippen LogP contribution is 2.34. The number of methoxy groups -OCH3 is 1. The molecule has 0 spiro atoms. The number of likely N-dealkylation sites (tertiary alicyclic amines) is 1. The van der Waals surface area contributed by atoms with Crippen LogP contribution < -0.4 is 41.0 Å². The molecule has 0 aliphatic carbocycles. The Balaban J connectivity index is 0.770. The molecule has 0 radical (unpaired) electrons. The van der Waals surface area contributed by atoms with E-state index in [2.05, 4.69) is 43.3 Å². The van der Waals surface area contributed by atoms with Gasteiger partial charge >= 0.3 is 6.18 Å². The van der Waals surface area contributed by atoms with Crippen molar-refractivity contribution < 1.29 is 51.6 Å². The number of ether oxygens (including phenoxy) is 4. The van der Waals surface area contributed by atoms with Crippen molar-refractivity contribution in [1.29, 1.82) is 0 Å². The number of anilines is 3. The number of amides is 3. The van der Waals surface area contributed by atoms with Gasteiger partial charge in [-0.3, -0.25) is 14.4 Å². The molecule has 6 N–H and O–H groups in total. The van der Waals surface area contributed by atoms with E-state index in [1.807, 2.05) is 74.3 Å². The number of carbonyl (C=O) groups excluding carboxylic acids is 3. The maximum absolute atomic E-state index is 13.9. The third-order valence-corrected chi connectivity index (χ3v) is 13.6. The van der Waals surface area contributed by atoms with Gasteiger partial charge in [-0.2, -0.15) is 13.2 Å². The summed E-state index contributed by atoms with van der Waals surface area (Å²) in [5, 5.41) is 25.7. The second-order valence-electron chi connectivity index (χ2n) is 19.5. The first-order valence-corrected chi connectivity index (χ1v) is 25.8. The molecular formula is C57H71F3N8O8. The molecule has 1 fully saturated rings. The highest BCUT2D eigenvalue weighted by Gasteiger charge is 2.33. The Morgan fingerprint density at radius 2 is 1.70 bits per heavy atom. The van der Waals surface area contributed by atoms with Gasteiger partial charge < -0.3 is 65.0 Å². The van der Waals surface area contributed by atoms with E-state index in [9.17, 15) is 32.7 Å². The van der Waals surface area contributed by atoms with Crippen LogP contribution >= 0.6 is 0 Å². The number of halogens is 3. The fraction of sp³-hybridized carbons (Fsp3) is 0.456. The van der Waals surface area contributed by atoms with E-state index < -0.39 is 18.8 Å². The van der Waals surface area contributed by atoms with E-state index in [1.54, 1.807) is 36.4 Å². The van der Waals surface area contributed by atoms with Crippen LogP contribution in [-0.2, 0) is 45.2 Å². The summed E-state index contributed by atoms with van der Waals surface area (Å²) in [5.41, 5.74) is 6.31. The van der Waals surface area contributed by atoms with E-state index in [4.69, 9.17) is 18.9 Å². The zero-order valence-corrected chi connectivity index (χ0v) is 44.0. The van der Waals surface area contributed by atoms with E-state index in [0.717, 1.165) is 67.0 Å². The second kappa shape index (κ2) is 27.2. The SMILES string of the molecule is CNC(=O)c1ccc(NCC#Cc2cc3c(NC4CCN(CCCOCCOCC(=O)NCc5ccc(COc6ccc7c(c6)N(C)[C@@H](C(C)C)C(=O)N[C@H](CO)C7)cc5)CC4)cccc3n2CC(F)(F)F)c(OC)c1. The number of aromatic nitrogens is 1. The zero-order chi connectivity index (χ0) is 54.2. The first kappa shape index (κ1) is 56.7. The smallest absolute Gasteiger partial charge is 0.406 e. The average molecular weight is 1050 g/mol. The Morgan fingerprint density at radius 3 is 2.42 bits per heavy atom. The van der Waals surface area contributed by atoms with Crippen LogP contribution in [0.15, 0.2) is 84.9 Å². The highest BCUT2D eigenvalue weighted by molar-refractivity contribution is 5.95. The number of carbonyl (C=O) groups is 3. The van der Waals surface area contributed by atoms with Gasteiger partial charge in [0.1, 0.15) is 37.3 Å². The predicted octanol–water partition coefficient (Wildman–Crippen LogP) is 6.72. The molecule has 0 bridgehead atoms. The molecule has 1 saturated heterocycles. The van der Waals surface area contributed by atoms with Crippen LogP contribution in [-0.4, -0.2) is 137 Å². The monoisotopic (exact) mass is 1050 g/mol. The lowest BCUT2D eigenvalue weighted by molar-refractivity contribution is -0.140. The van der Waals surface area contributed by atoms with E-state index in [0.29, 0.717) is 73.0 Å². The number of alkyl halides is 3. The molecule has 2 atom stereocenters. The van der Waals surface area contributed by atoms with Gasteiger partial charge in [-0.15, -0.1) is 0 Å². The summed E-state index contributed by atoms with van der Waals surface area (Å²) < 4.78 is 65.7. The number of nitrogens with one attached hydrogen (secondary N) is 5. The maximum atomic E-state index is 13.9. The Labute approximate surface area is 443 Å². The lowest BCUT2D eigenvalue weighted by Crippen LogP contribution is -2.54. The van der Waals surface area contributed by atoms with Gasteiger partial charge in [0.15, 0.2) is 0 Å². The Hall–Kier alpha value is -6.98. The van der Waals surface area contributed by atoms with Crippen molar-refractivity contribution in [3.8, 4) is 23.3 Å². The van der Waals surface area contributed by atoms with Crippen molar-refractivity contribution in [2.24, 2.45) is 5.92 Å². The quantitative estimate of drug-likeness (QED) is 0.0301. The van der Waals surface area contributed by atoms with Crippen molar-refractivity contribution in [3.63, 3.8) is 0 Å². The third-order valence-electron chi connectivity index (χ3n) is 13.6. The van der Waals surface area contributed by atoms with Gasteiger partial charge in [-0.05, 0) is 96.7 Å². The van der Waals surface area contributed by atoms with Crippen LogP contribution in [0.5, 0.6) is 11.5 Å². The molecule has 7 rings (SSSR count). The summed E-state index contributed by atoms with van der Waals surface area (Å²) in [7, 11) is 4.94. The van der Waals surface area contributed by atoms with Crippen molar-refractivity contribution >= 4 is 45.7 Å². The molecular weight excluding hydrogens is 982 g/mol. The molecule has 0 unspecified atom stereocenters. The fourth-order valence-electron chi connectivity index (χ4n) is 9.65. The van der Waals surface area contributed by atoms with Gasteiger partial charge in [0.05, 0.1) is 56.4 Å². The Bertz CT molecular complexity index is 2800. The zero-order valence-electron chi connectivity index (χ0n) is 44.0. The normalized spacial score (nSPS) is 16.2. The molecule has 5 aromatic rings. The summed E-state index contributed by atoms with van der Waals surface area (Å²) >= 11 is 0. The summed E-state index contributed by atoms with van der Waals surface area (Å²) in [5.74, 6) is 6.48. The van der Waals surface area contributed by atoms with Crippen molar-refractivity contribution in [2.75, 3.05) is 96.0 Å². The topological polar surface area (TPSA) is 180 Å². The molecule has 3 amide bonds. The number of aliphatic hydroxyl groups excluding tert-OH is 1. The third kappa shape index (κ3) is 15.8. The largest absolute Gasteiger partial charge is 0.495 e. The number of aliphatic hydroxyl groups is 1. The first-order valence-electron chi connectivity index (χ1n) is 25.8. The van der Waals surface area contributed by atoms with Gasteiger partial charge in [0, 0.05) is 81.3 Å². The Morgan fingerprint density at radius 1 is 0.934 bits per heavy atom. The van der Waals surface area contributed by atoms with Gasteiger partial charge in [-0.1, -0.05) is 56.2 Å². The van der Waals surface area contributed by atoms with E-state index in [1.165, 1.54) is 18.7 Å². The molecule has 2 aliphatic rings. The summed E-state index contributed by atoms with van der Waals surface area (Å²) in [6, 6.07) is 25.1. The van der Waals surface area contributed by atoms with Crippen molar-refractivity contribution in [1.82, 2.24) is 25.4 Å². The van der Waals surface area contributed by atoms with Gasteiger partial charge in [-0.25, -0.2) is 0 Å². The number of rotatable bonds is 23. The molecule has 0 saturated carbocycles. The molecule has 19 heteroatoms. The molecule has 2 aliphatic heterocycles. The standard InChI is InChI=1S/C57H71F3N8O8/c1-38(2)54-56(72)65-44(34-69)29-41-16-18-46(32-51(41)66(54)4)76-35-40-14-12-39(13-15-40)33-63-53(70)36-75-28-27-74-26-8-23-67-24-20-43(21-25-67)64-48-10-6-11-50-47(48)31-45(68(50)37-57(58,59)60)9-7-22-62-49-19-17-42(55(71)61-3)30-52(49)73-5/h6,10-19,30-32,38,43-44,54,62,64,69H,8,20-29,33-37H2,1-5H3,(H,61,71)(H,63,70)(H,65,72)/t44-,54-/m0/s1. The van der Waals surface area contributed by atoms with Crippen LogP contribution in [0.3, 0.4) is 0 Å². The van der Waals surface area contributed by atoms with E-state index >= 15 is 0 Å². The molecule has 16 nitrogen and oxygen atoms in total. The number of hydrogen-bond donors (Lipinski definition) is 6. The highest BCUT2D eigenvalue weighted by atomic mass is 19.4. The molecule has 3 heterocycles. The van der Waals surface area contributed by atoms with Crippen LogP contribution in [0, 0.1) is 17.8 Å². The number of hydrogen-bond acceptors (Lipinski definition) is 12. The van der Waals surface area contributed by atoms with Gasteiger partial charge in [0.25, 0.3) is 5.91 Å². The maximum Gasteiger partial charge on any atom is 0.406 e. The minimum Gasteiger partial charge on any atom is -0.495 e. The van der Waals surface area contributed by atoms with Gasteiger partial charge in [0.2, 0.25) is 11.8 Å². The molecule has 408 valence electrons. The second-order valence-corrected chi connectivity index (χ2v) is 19.5. The lowest BCUT2D eigenvalue weighted by Gasteiger charge is -2.37. The van der Waals surface area contributed by atoms with Crippen molar-refractivity contribution in [2.45, 2.75) is 83.5 Å². The van der Waals surface area contributed by atoms with Crippen LogP contribution in [0.4, 0.5) is 30.2 Å². The van der Waals surface area contributed by atoms with Crippen LogP contribution in [0.2, 0.25) is 0 Å². The summed E-state index contributed by atoms with van der Waals surface area (Å²) in [6.07, 6.45) is -1.36. The number of piperidine rings is 1. The number of benzene rings is 4. The predicted molar refractivity (Wildman–Crippen MR) is 288 cm³/mol. The lowest BCUT2D eigenvalue weighted by atomic mass is 9.95. The molecule has 76 heavy (non-hydrogen) atoms. The summed E-state index contributed by atoms with van der Waals surface area (Å²) in [6.45, 7) is 7.27. The number of fused-ring (bicyclic) bond motifs is 2. The Kier molecular flexibility index (Phi) is 20.3. The fourth-order valence-corrected chi connectivity index (χ4v) is 9.65. The molecule has 4 aromatic carbocycles.